The van der Waals surface area contributed by atoms with E-state index in [1.807, 2.05) is 18.5 Å². The number of anilines is 1. The second-order valence-electron chi connectivity index (χ2n) is 6.46. The van der Waals surface area contributed by atoms with Crippen molar-refractivity contribution in [3.8, 4) is 0 Å². The molecule has 4 heteroatoms. The predicted molar refractivity (Wildman–Crippen MR) is 87.2 cm³/mol. The van der Waals surface area contributed by atoms with Gasteiger partial charge in [-0.25, -0.2) is 4.99 Å². The van der Waals surface area contributed by atoms with Crippen molar-refractivity contribution in [1.82, 2.24) is 4.98 Å². The third kappa shape index (κ3) is 2.25. The second kappa shape index (κ2) is 4.83. The molecule has 0 spiro atoms. The zero-order valence-corrected chi connectivity index (χ0v) is 12.8. The molecule has 4 rings (SSSR count). The molecular formula is C18H19N3O. The molecule has 3 heterocycles. The third-order valence-electron chi connectivity index (χ3n) is 4.15. The van der Waals surface area contributed by atoms with E-state index in [0.717, 1.165) is 5.90 Å². The van der Waals surface area contributed by atoms with Gasteiger partial charge in [0, 0.05) is 18.1 Å². The zero-order valence-electron chi connectivity index (χ0n) is 12.8. The molecule has 0 amide bonds. The quantitative estimate of drug-likeness (QED) is 0.815. The van der Waals surface area contributed by atoms with Gasteiger partial charge in [0.1, 0.15) is 12.6 Å². The summed E-state index contributed by atoms with van der Waals surface area (Å²) in [6, 6.07) is 15.0. The van der Waals surface area contributed by atoms with Crippen molar-refractivity contribution in [3.63, 3.8) is 0 Å². The molecule has 2 aliphatic rings. The standard InChI is InChI=1S/C18H19N3O/c1-18(2)12-22-17(20-18)16-15(13-8-10-19-11-9-13)21(16)14-6-4-3-5-7-14/h3-11,15-16H,12H2,1-2H3. The van der Waals surface area contributed by atoms with E-state index in [0.29, 0.717) is 6.61 Å². The van der Waals surface area contributed by atoms with Crippen LogP contribution < -0.4 is 4.90 Å². The van der Waals surface area contributed by atoms with E-state index < -0.39 is 0 Å². The van der Waals surface area contributed by atoms with Crippen LogP contribution in [-0.2, 0) is 4.74 Å². The number of ether oxygens (including phenoxy) is 1. The van der Waals surface area contributed by atoms with Gasteiger partial charge in [-0.3, -0.25) is 4.98 Å². The highest BCUT2D eigenvalue weighted by Crippen LogP contribution is 2.48. The van der Waals surface area contributed by atoms with Gasteiger partial charge in [0.2, 0.25) is 5.90 Å². The summed E-state index contributed by atoms with van der Waals surface area (Å²) in [6.07, 6.45) is 3.68. The average molecular weight is 293 g/mol. The van der Waals surface area contributed by atoms with E-state index in [2.05, 4.69) is 60.1 Å². The van der Waals surface area contributed by atoms with Crippen LogP contribution in [0.5, 0.6) is 0 Å². The fraction of sp³-hybridized carbons (Fsp3) is 0.333. The number of rotatable bonds is 3. The molecular weight excluding hydrogens is 274 g/mol. The van der Waals surface area contributed by atoms with Crippen molar-refractivity contribution in [2.45, 2.75) is 31.5 Å². The average Bonchev–Trinajstić information content (AvgIpc) is 3.19. The molecule has 22 heavy (non-hydrogen) atoms. The van der Waals surface area contributed by atoms with E-state index in [4.69, 9.17) is 9.73 Å². The number of aliphatic imine (C=N–C) groups is 1. The normalized spacial score (nSPS) is 25.5. The maximum atomic E-state index is 5.89. The van der Waals surface area contributed by atoms with Crippen LogP contribution in [0.2, 0.25) is 0 Å². The Morgan fingerprint density at radius 1 is 1.05 bits per heavy atom. The number of hydrogen-bond acceptors (Lipinski definition) is 4. The van der Waals surface area contributed by atoms with Crippen LogP contribution in [0.4, 0.5) is 5.69 Å². The van der Waals surface area contributed by atoms with Crippen LogP contribution in [0, 0.1) is 0 Å². The van der Waals surface area contributed by atoms with E-state index in [1.54, 1.807) is 0 Å². The van der Waals surface area contributed by atoms with Crippen LogP contribution in [0.25, 0.3) is 0 Å². The minimum atomic E-state index is -0.122. The monoisotopic (exact) mass is 293 g/mol. The maximum Gasteiger partial charge on any atom is 0.210 e. The molecule has 0 N–H and O–H groups in total. The zero-order chi connectivity index (χ0) is 15.2. The fourth-order valence-electron chi connectivity index (χ4n) is 3.08. The Labute approximate surface area is 130 Å². The van der Waals surface area contributed by atoms with Gasteiger partial charge >= 0.3 is 0 Å². The van der Waals surface area contributed by atoms with Crippen molar-refractivity contribution >= 4 is 11.6 Å². The predicted octanol–water partition coefficient (Wildman–Crippen LogP) is 3.22. The van der Waals surface area contributed by atoms with Gasteiger partial charge in [-0.15, -0.1) is 0 Å². The number of nitrogens with zero attached hydrogens (tertiary/aromatic N) is 3. The highest BCUT2D eigenvalue weighted by atomic mass is 16.5. The minimum absolute atomic E-state index is 0.122. The molecule has 4 nitrogen and oxygen atoms in total. The van der Waals surface area contributed by atoms with E-state index >= 15 is 0 Å². The fourth-order valence-corrected chi connectivity index (χ4v) is 3.08. The minimum Gasteiger partial charge on any atom is -0.477 e. The van der Waals surface area contributed by atoms with Gasteiger partial charge in [0.25, 0.3) is 0 Å². The van der Waals surface area contributed by atoms with Crippen molar-refractivity contribution in [2.75, 3.05) is 11.5 Å². The van der Waals surface area contributed by atoms with E-state index in [-0.39, 0.29) is 17.6 Å². The summed E-state index contributed by atoms with van der Waals surface area (Å²) in [7, 11) is 0. The van der Waals surface area contributed by atoms with Crippen LogP contribution in [0.3, 0.4) is 0 Å². The first-order chi connectivity index (χ1) is 10.7. The molecule has 2 unspecified atom stereocenters. The summed E-state index contributed by atoms with van der Waals surface area (Å²) in [5, 5.41) is 0. The molecule has 2 aromatic rings. The lowest BCUT2D eigenvalue weighted by atomic mass is 10.1. The largest absolute Gasteiger partial charge is 0.477 e. The first-order valence-electron chi connectivity index (χ1n) is 7.62. The molecule has 2 aliphatic heterocycles. The van der Waals surface area contributed by atoms with Crippen LogP contribution in [0.1, 0.15) is 25.5 Å². The first-order valence-corrected chi connectivity index (χ1v) is 7.62. The van der Waals surface area contributed by atoms with Crippen molar-refractivity contribution in [2.24, 2.45) is 4.99 Å². The molecule has 0 aliphatic carbocycles. The van der Waals surface area contributed by atoms with Crippen LogP contribution in [-0.4, -0.2) is 29.1 Å². The molecule has 0 bridgehead atoms. The number of pyridine rings is 1. The Hall–Kier alpha value is -2.36. The number of hydrogen-bond donors (Lipinski definition) is 0. The highest BCUT2D eigenvalue weighted by Gasteiger charge is 2.54. The molecule has 0 saturated carbocycles. The lowest BCUT2D eigenvalue weighted by molar-refractivity contribution is 0.275. The summed E-state index contributed by atoms with van der Waals surface area (Å²) in [5.74, 6) is 0.857. The first kappa shape index (κ1) is 13.3. The topological polar surface area (TPSA) is 37.5 Å². The molecule has 1 aromatic carbocycles. The Bertz CT molecular complexity index is 651. The lowest BCUT2D eigenvalue weighted by Crippen LogP contribution is -2.17. The smallest absolute Gasteiger partial charge is 0.210 e. The SMILES string of the molecule is CC1(C)COC(C2C(c3ccncc3)N2c2ccccc2)=N1. The number of benzene rings is 1. The molecule has 1 saturated heterocycles. The highest BCUT2D eigenvalue weighted by molar-refractivity contribution is 5.94. The van der Waals surface area contributed by atoms with E-state index in [1.165, 1.54) is 11.3 Å². The summed E-state index contributed by atoms with van der Waals surface area (Å²) < 4.78 is 5.89. The van der Waals surface area contributed by atoms with Crippen molar-refractivity contribution in [1.29, 1.82) is 0 Å². The second-order valence-corrected chi connectivity index (χ2v) is 6.46. The molecule has 1 fully saturated rings. The van der Waals surface area contributed by atoms with Crippen molar-refractivity contribution < 1.29 is 4.74 Å². The Kier molecular flexibility index (Phi) is 2.93. The van der Waals surface area contributed by atoms with Gasteiger partial charge in [-0.1, -0.05) is 18.2 Å². The molecule has 1 aromatic heterocycles. The van der Waals surface area contributed by atoms with Gasteiger partial charge in [-0.05, 0) is 43.7 Å². The van der Waals surface area contributed by atoms with Crippen LogP contribution in [0.15, 0.2) is 59.9 Å². The van der Waals surface area contributed by atoms with Gasteiger partial charge in [0.05, 0.1) is 11.6 Å². The van der Waals surface area contributed by atoms with Crippen LogP contribution >= 0.6 is 0 Å². The van der Waals surface area contributed by atoms with Gasteiger partial charge in [-0.2, -0.15) is 0 Å². The lowest BCUT2D eigenvalue weighted by Gasteiger charge is -2.07. The van der Waals surface area contributed by atoms with E-state index in [9.17, 15) is 0 Å². The summed E-state index contributed by atoms with van der Waals surface area (Å²) in [4.78, 5) is 11.2. The molecule has 112 valence electrons. The van der Waals surface area contributed by atoms with Gasteiger partial charge < -0.3 is 9.64 Å². The number of para-hydroxylation sites is 1. The summed E-state index contributed by atoms with van der Waals surface area (Å²) in [5.41, 5.74) is 2.33. The Morgan fingerprint density at radius 3 is 2.41 bits per heavy atom. The molecule has 0 radical (unpaired) electrons. The number of aromatic nitrogens is 1. The molecule has 2 atom stereocenters. The Morgan fingerprint density at radius 2 is 1.77 bits per heavy atom. The third-order valence-corrected chi connectivity index (χ3v) is 4.15. The summed E-state index contributed by atoms with van der Waals surface area (Å²) >= 11 is 0. The van der Waals surface area contributed by atoms with Gasteiger partial charge in [0.15, 0.2) is 0 Å². The van der Waals surface area contributed by atoms with Crippen molar-refractivity contribution in [3.05, 3.63) is 60.4 Å². The Balaban J connectivity index is 1.70. The summed E-state index contributed by atoms with van der Waals surface area (Å²) in [6.45, 7) is 4.87. The maximum absolute atomic E-state index is 5.89.